The number of halogens is 6. The summed E-state index contributed by atoms with van der Waals surface area (Å²) in [5, 5.41) is 8.07. The van der Waals surface area contributed by atoms with Crippen molar-refractivity contribution < 1.29 is 31.1 Å². The molecular formula is C7H6F6N2O. The first-order valence-electron chi connectivity index (χ1n) is 3.77. The zero-order valence-electron chi connectivity index (χ0n) is 7.85. The molecule has 92 valence electrons. The summed E-state index contributed by atoms with van der Waals surface area (Å²) in [5.41, 5.74) is 0. The molecule has 0 aromatic carbocycles. The highest BCUT2D eigenvalue weighted by Crippen LogP contribution is 2.40. The Bertz CT molecular complexity index is 287. The largest absolute Gasteiger partial charge is 0.409 e. The molecule has 0 atom stereocenters. The average molecular weight is 248 g/mol. The van der Waals surface area contributed by atoms with Gasteiger partial charge in [-0.15, -0.1) is 0 Å². The third-order valence-corrected chi connectivity index (χ3v) is 1.59. The van der Waals surface area contributed by atoms with E-state index in [-0.39, 0.29) is 4.90 Å². The van der Waals surface area contributed by atoms with Gasteiger partial charge in [-0.05, 0) is 0 Å². The van der Waals surface area contributed by atoms with Gasteiger partial charge in [-0.1, -0.05) is 0 Å². The average Bonchev–Trinajstić information content (AvgIpc) is 1.98. The van der Waals surface area contributed by atoms with Gasteiger partial charge in [-0.2, -0.15) is 31.6 Å². The van der Waals surface area contributed by atoms with E-state index in [9.17, 15) is 31.1 Å². The van der Waals surface area contributed by atoms with Crippen molar-refractivity contribution in [1.82, 2.24) is 4.90 Å². The molecule has 16 heavy (non-hydrogen) atoms. The fraction of sp³-hybridized carbons (Fsp3) is 0.714. The number of carbonyl (C=O) groups excluding carboxylic acids is 1. The minimum absolute atomic E-state index is 0.0750. The van der Waals surface area contributed by atoms with Crippen molar-refractivity contribution in [2.75, 3.05) is 13.6 Å². The van der Waals surface area contributed by atoms with Crippen molar-refractivity contribution in [3.05, 3.63) is 0 Å². The zero-order valence-corrected chi connectivity index (χ0v) is 7.85. The van der Waals surface area contributed by atoms with Crippen LogP contribution in [0.15, 0.2) is 0 Å². The second kappa shape index (κ2) is 4.59. The summed E-state index contributed by atoms with van der Waals surface area (Å²) in [6.45, 7) is -0.846. The lowest BCUT2D eigenvalue weighted by atomic mass is 10.1. The Morgan fingerprint density at radius 3 is 1.88 bits per heavy atom. The molecule has 9 heteroatoms. The molecule has 0 aliphatic rings. The molecular weight excluding hydrogens is 242 g/mol. The number of hydrogen-bond donors (Lipinski definition) is 0. The Morgan fingerprint density at radius 2 is 1.62 bits per heavy atom. The van der Waals surface area contributed by atoms with Crippen LogP contribution in [-0.2, 0) is 4.79 Å². The van der Waals surface area contributed by atoms with Crippen molar-refractivity contribution in [3.8, 4) is 6.07 Å². The summed E-state index contributed by atoms with van der Waals surface area (Å²) in [4.78, 5) is 10.9. The molecule has 1 amide bonds. The SMILES string of the molecule is CN(CC#N)C(=O)C(C(F)(F)F)C(F)(F)F. The van der Waals surface area contributed by atoms with Gasteiger partial charge in [0.25, 0.3) is 0 Å². The van der Waals surface area contributed by atoms with E-state index >= 15 is 0 Å². The Morgan fingerprint density at radius 1 is 1.25 bits per heavy atom. The number of nitriles is 1. The van der Waals surface area contributed by atoms with Crippen molar-refractivity contribution in [2.24, 2.45) is 5.92 Å². The maximum atomic E-state index is 12.0. The van der Waals surface area contributed by atoms with Crippen molar-refractivity contribution >= 4 is 5.91 Å². The lowest BCUT2D eigenvalue weighted by Crippen LogP contribution is -2.48. The van der Waals surface area contributed by atoms with Gasteiger partial charge in [-0.25, -0.2) is 0 Å². The summed E-state index contributed by atoms with van der Waals surface area (Å²) < 4.78 is 72.1. The van der Waals surface area contributed by atoms with E-state index in [4.69, 9.17) is 5.26 Å². The monoisotopic (exact) mass is 248 g/mol. The number of nitrogens with zero attached hydrogens (tertiary/aromatic N) is 2. The van der Waals surface area contributed by atoms with Crippen LogP contribution in [0.25, 0.3) is 0 Å². The first-order valence-corrected chi connectivity index (χ1v) is 3.77. The number of alkyl halides is 6. The second-order valence-corrected chi connectivity index (χ2v) is 2.87. The summed E-state index contributed by atoms with van der Waals surface area (Å²) >= 11 is 0. The molecule has 0 rings (SSSR count). The molecule has 0 fully saturated rings. The Balaban J connectivity index is 5.10. The molecule has 0 N–H and O–H groups in total. The van der Waals surface area contributed by atoms with Crippen LogP contribution < -0.4 is 0 Å². The van der Waals surface area contributed by atoms with E-state index in [2.05, 4.69) is 0 Å². The van der Waals surface area contributed by atoms with Crippen LogP contribution in [0.2, 0.25) is 0 Å². The van der Waals surface area contributed by atoms with Crippen LogP contribution in [0, 0.1) is 17.2 Å². The highest BCUT2D eigenvalue weighted by atomic mass is 19.4. The zero-order chi connectivity index (χ0) is 13.1. The van der Waals surface area contributed by atoms with Crippen molar-refractivity contribution in [2.45, 2.75) is 12.4 Å². The summed E-state index contributed by atoms with van der Waals surface area (Å²) in [5.74, 6) is -6.28. The molecule has 3 nitrogen and oxygen atoms in total. The maximum Gasteiger partial charge on any atom is 0.409 e. The van der Waals surface area contributed by atoms with E-state index in [0.29, 0.717) is 7.05 Å². The van der Waals surface area contributed by atoms with Gasteiger partial charge in [0.1, 0.15) is 6.54 Å². The highest BCUT2D eigenvalue weighted by Gasteiger charge is 2.61. The van der Waals surface area contributed by atoms with E-state index in [0.717, 1.165) is 0 Å². The topological polar surface area (TPSA) is 44.1 Å². The van der Waals surface area contributed by atoms with E-state index in [1.165, 1.54) is 6.07 Å². The molecule has 0 bridgehead atoms. The number of rotatable bonds is 2. The van der Waals surface area contributed by atoms with Crippen LogP contribution in [0.4, 0.5) is 26.3 Å². The van der Waals surface area contributed by atoms with E-state index in [1.807, 2.05) is 0 Å². The van der Waals surface area contributed by atoms with Gasteiger partial charge in [0.15, 0.2) is 0 Å². The van der Waals surface area contributed by atoms with Gasteiger partial charge in [0.05, 0.1) is 6.07 Å². The molecule has 0 aliphatic heterocycles. The number of carbonyl (C=O) groups is 1. The molecule has 0 radical (unpaired) electrons. The van der Waals surface area contributed by atoms with Gasteiger partial charge in [0.2, 0.25) is 11.8 Å². The number of amides is 1. The third-order valence-electron chi connectivity index (χ3n) is 1.59. The molecule has 0 spiro atoms. The first-order chi connectivity index (χ1) is 7.01. The first kappa shape index (κ1) is 14.5. The van der Waals surface area contributed by atoms with Gasteiger partial charge in [-0.3, -0.25) is 4.79 Å². The molecule has 0 aliphatic carbocycles. The highest BCUT2D eigenvalue weighted by molar-refractivity contribution is 5.80. The van der Waals surface area contributed by atoms with Gasteiger partial charge in [0, 0.05) is 7.05 Å². The summed E-state index contributed by atoms with van der Waals surface area (Å²) in [7, 11) is 0.691. The van der Waals surface area contributed by atoms with E-state index in [1.54, 1.807) is 0 Å². The summed E-state index contributed by atoms with van der Waals surface area (Å²) in [6.07, 6.45) is -11.4. The molecule has 0 unspecified atom stereocenters. The lowest BCUT2D eigenvalue weighted by molar-refractivity contribution is -0.277. The van der Waals surface area contributed by atoms with Crippen LogP contribution in [0.3, 0.4) is 0 Å². The standard InChI is InChI=1S/C7H6F6N2O/c1-15(3-2-14)5(16)4(6(8,9)10)7(11,12)13/h4H,3H2,1H3. The molecule has 0 aromatic heterocycles. The maximum absolute atomic E-state index is 12.0. The van der Waals surface area contributed by atoms with Crippen molar-refractivity contribution in [1.29, 1.82) is 5.26 Å². The molecule has 0 saturated carbocycles. The predicted molar refractivity (Wildman–Crippen MR) is 38.9 cm³/mol. The van der Waals surface area contributed by atoms with Gasteiger partial charge >= 0.3 is 12.4 Å². The Kier molecular flexibility index (Phi) is 4.17. The van der Waals surface area contributed by atoms with Crippen LogP contribution in [0.5, 0.6) is 0 Å². The minimum atomic E-state index is -5.72. The van der Waals surface area contributed by atoms with Crippen molar-refractivity contribution in [3.63, 3.8) is 0 Å². The normalized spacial score (nSPS) is 12.4. The fourth-order valence-corrected chi connectivity index (χ4v) is 0.870. The molecule has 0 aromatic rings. The summed E-state index contributed by atoms with van der Waals surface area (Å²) in [6, 6.07) is 1.28. The smallest absolute Gasteiger partial charge is 0.332 e. The van der Waals surface area contributed by atoms with Gasteiger partial charge < -0.3 is 4.90 Å². The molecule has 0 heterocycles. The number of hydrogen-bond acceptors (Lipinski definition) is 2. The fourth-order valence-electron chi connectivity index (χ4n) is 0.870. The quantitative estimate of drug-likeness (QED) is 0.551. The Labute approximate surface area is 86.2 Å². The lowest BCUT2D eigenvalue weighted by Gasteiger charge is -2.25. The Hall–Kier alpha value is -1.46. The van der Waals surface area contributed by atoms with Crippen LogP contribution >= 0.6 is 0 Å². The van der Waals surface area contributed by atoms with Crippen LogP contribution in [-0.4, -0.2) is 36.8 Å². The second-order valence-electron chi connectivity index (χ2n) is 2.87. The predicted octanol–water partition coefficient (Wildman–Crippen LogP) is 1.71. The van der Waals surface area contributed by atoms with Crippen LogP contribution in [0.1, 0.15) is 0 Å². The third kappa shape index (κ3) is 3.60. The molecule has 0 saturated heterocycles. The van der Waals surface area contributed by atoms with E-state index < -0.39 is 30.7 Å². The minimum Gasteiger partial charge on any atom is -0.332 e.